The third kappa shape index (κ3) is 3.69. The first-order chi connectivity index (χ1) is 7.15. The lowest BCUT2D eigenvalue weighted by Gasteiger charge is -2.10. The normalized spacial score (nSPS) is 10.5. The van der Waals surface area contributed by atoms with E-state index in [0.29, 0.717) is 17.9 Å². The minimum Gasteiger partial charge on any atom is -0.354 e. The van der Waals surface area contributed by atoms with E-state index in [1.165, 1.54) is 0 Å². The van der Waals surface area contributed by atoms with Crippen LogP contribution in [0.2, 0.25) is 0 Å². The topological polar surface area (TPSA) is 62.7 Å². The van der Waals surface area contributed by atoms with Gasteiger partial charge in [-0.2, -0.15) is 15.0 Å². The molecule has 0 aliphatic rings. The van der Waals surface area contributed by atoms with Gasteiger partial charge in [-0.1, -0.05) is 6.92 Å². The number of nitrogens with one attached hydrogen (secondary N) is 2. The van der Waals surface area contributed by atoms with E-state index in [2.05, 4.69) is 39.4 Å². The summed E-state index contributed by atoms with van der Waals surface area (Å²) in [7, 11) is 0. The lowest BCUT2D eigenvalue weighted by atomic mass is 10.4. The van der Waals surface area contributed by atoms with Gasteiger partial charge in [0.15, 0.2) is 0 Å². The van der Waals surface area contributed by atoms with E-state index in [0.717, 1.165) is 18.8 Å². The smallest absolute Gasteiger partial charge is 0.227 e. The predicted octanol–water partition coefficient (Wildman–Crippen LogP) is 1.69. The van der Waals surface area contributed by atoms with E-state index < -0.39 is 0 Å². The van der Waals surface area contributed by atoms with Crippen LogP contribution in [0.25, 0.3) is 0 Å². The van der Waals surface area contributed by atoms with Crippen molar-refractivity contribution in [2.45, 2.75) is 40.2 Å². The van der Waals surface area contributed by atoms with Gasteiger partial charge in [0.05, 0.1) is 0 Å². The number of hydrogen-bond acceptors (Lipinski definition) is 5. The van der Waals surface area contributed by atoms with Gasteiger partial charge in [-0.25, -0.2) is 0 Å². The summed E-state index contributed by atoms with van der Waals surface area (Å²) in [4.78, 5) is 12.8. The van der Waals surface area contributed by atoms with Crippen molar-refractivity contribution in [3.8, 4) is 0 Å². The second kappa shape index (κ2) is 5.48. The van der Waals surface area contributed by atoms with Crippen LogP contribution in [0, 0.1) is 0 Å². The average Bonchev–Trinajstić information content (AvgIpc) is 2.16. The van der Waals surface area contributed by atoms with Crippen LogP contribution < -0.4 is 10.6 Å². The molecule has 0 saturated carbocycles. The zero-order valence-electron chi connectivity index (χ0n) is 9.83. The van der Waals surface area contributed by atoms with E-state index in [4.69, 9.17) is 0 Å². The molecule has 0 fully saturated rings. The SMILES string of the molecule is CCNc1nc(CC)nc(NC(C)C)n1. The Morgan fingerprint density at radius 2 is 1.73 bits per heavy atom. The molecule has 0 aliphatic carbocycles. The Labute approximate surface area is 90.7 Å². The fourth-order valence-electron chi connectivity index (χ4n) is 1.14. The van der Waals surface area contributed by atoms with Crippen molar-refractivity contribution in [1.29, 1.82) is 0 Å². The minimum atomic E-state index is 0.326. The molecule has 0 bridgehead atoms. The third-order valence-electron chi connectivity index (χ3n) is 1.75. The summed E-state index contributed by atoms with van der Waals surface area (Å²) in [6.07, 6.45) is 0.813. The molecule has 5 nitrogen and oxygen atoms in total. The second-order valence-electron chi connectivity index (χ2n) is 3.58. The van der Waals surface area contributed by atoms with Gasteiger partial charge in [0, 0.05) is 19.0 Å². The largest absolute Gasteiger partial charge is 0.354 e. The number of hydrogen-bond donors (Lipinski definition) is 2. The molecule has 1 aromatic heterocycles. The highest BCUT2D eigenvalue weighted by atomic mass is 15.2. The number of anilines is 2. The Kier molecular flexibility index (Phi) is 4.27. The van der Waals surface area contributed by atoms with Crippen LogP contribution >= 0.6 is 0 Å². The third-order valence-corrected chi connectivity index (χ3v) is 1.75. The molecule has 0 aromatic carbocycles. The van der Waals surface area contributed by atoms with Crippen molar-refractivity contribution in [3.63, 3.8) is 0 Å². The van der Waals surface area contributed by atoms with Crippen LogP contribution in [0.5, 0.6) is 0 Å². The van der Waals surface area contributed by atoms with Gasteiger partial charge in [-0.15, -0.1) is 0 Å². The average molecular weight is 209 g/mol. The van der Waals surface area contributed by atoms with Gasteiger partial charge in [-0.3, -0.25) is 0 Å². The van der Waals surface area contributed by atoms with Crippen molar-refractivity contribution in [3.05, 3.63) is 5.82 Å². The quantitative estimate of drug-likeness (QED) is 0.772. The van der Waals surface area contributed by atoms with Crippen LogP contribution in [-0.2, 0) is 6.42 Å². The fraction of sp³-hybridized carbons (Fsp3) is 0.700. The molecule has 0 atom stereocenters. The highest BCUT2D eigenvalue weighted by molar-refractivity contribution is 5.34. The van der Waals surface area contributed by atoms with Gasteiger partial charge < -0.3 is 10.6 Å². The molecule has 0 spiro atoms. The Morgan fingerprint density at radius 3 is 2.27 bits per heavy atom. The standard InChI is InChI=1S/C10H19N5/c1-5-8-13-9(11-6-2)15-10(14-8)12-7(3)4/h7H,5-6H2,1-4H3,(H2,11,12,13,14,15). The maximum atomic E-state index is 4.30. The van der Waals surface area contributed by atoms with Crippen molar-refractivity contribution in [2.75, 3.05) is 17.2 Å². The van der Waals surface area contributed by atoms with E-state index >= 15 is 0 Å². The van der Waals surface area contributed by atoms with Crippen LogP contribution in [0.15, 0.2) is 0 Å². The highest BCUT2D eigenvalue weighted by Crippen LogP contribution is 2.06. The molecule has 0 unspecified atom stereocenters. The first kappa shape index (κ1) is 11.7. The van der Waals surface area contributed by atoms with Gasteiger partial charge in [0.25, 0.3) is 0 Å². The summed E-state index contributed by atoms with van der Waals surface area (Å²) in [5.74, 6) is 2.10. The monoisotopic (exact) mass is 209 g/mol. The van der Waals surface area contributed by atoms with Crippen LogP contribution in [0.1, 0.15) is 33.5 Å². The van der Waals surface area contributed by atoms with Crippen LogP contribution in [0.4, 0.5) is 11.9 Å². The van der Waals surface area contributed by atoms with Crippen molar-refractivity contribution in [2.24, 2.45) is 0 Å². The van der Waals surface area contributed by atoms with E-state index in [9.17, 15) is 0 Å². The Morgan fingerprint density at radius 1 is 1.07 bits per heavy atom. The molecule has 5 heteroatoms. The summed E-state index contributed by atoms with van der Waals surface area (Å²) in [5.41, 5.74) is 0. The summed E-state index contributed by atoms with van der Waals surface area (Å²) in [5, 5.41) is 6.27. The van der Waals surface area contributed by atoms with Gasteiger partial charge in [0.1, 0.15) is 5.82 Å². The molecule has 1 aromatic rings. The van der Waals surface area contributed by atoms with Gasteiger partial charge >= 0.3 is 0 Å². The minimum absolute atomic E-state index is 0.326. The summed E-state index contributed by atoms with van der Waals surface area (Å²) < 4.78 is 0. The Hall–Kier alpha value is -1.39. The molecule has 1 heterocycles. The van der Waals surface area contributed by atoms with Crippen LogP contribution in [-0.4, -0.2) is 27.5 Å². The number of aromatic nitrogens is 3. The van der Waals surface area contributed by atoms with Crippen molar-refractivity contribution < 1.29 is 0 Å². The molecular formula is C10H19N5. The maximum Gasteiger partial charge on any atom is 0.227 e. The van der Waals surface area contributed by atoms with E-state index in [1.54, 1.807) is 0 Å². The van der Waals surface area contributed by atoms with Crippen molar-refractivity contribution in [1.82, 2.24) is 15.0 Å². The van der Waals surface area contributed by atoms with Gasteiger partial charge in [0.2, 0.25) is 11.9 Å². The van der Waals surface area contributed by atoms with Crippen LogP contribution in [0.3, 0.4) is 0 Å². The zero-order chi connectivity index (χ0) is 11.3. The summed E-state index contributed by atoms with van der Waals surface area (Å²) in [6, 6.07) is 0.326. The van der Waals surface area contributed by atoms with Crippen molar-refractivity contribution >= 4 is 11.9 Å². The molecule has 0 amide bonds. The molecule has 84 valence electrons. The number of aryl methyl sites for hydroxylation is 1. The zero-order valence-corrected chi connectivity index (χ0v) is 9.83. The summed E-state index contributed by atoms with van der Waals surface area (Å²) in [6.45, 7) is 8.98. The number of rotatable bonds is 5. The molecule has 2 N–H and O–H groups in total. The molecule has 15 heavy (non-hydrogen) atoms. The first-order valence-corrected chi connectivity index (χ1v) is 5.41. The highest BCUT2D eigenvalue weighted by Gasteiger charge is 2.05. The maximum absolute atomic E-state index is 4.30. The lowest BCUT2D eigenvalue weighted by molar-refractivity contribution is 0.839. The second-order valence-corrected chi connectivity index (χ2v) is 3.58. The van der Waals surface area contributed by atoms with E-state index in [1.807, 2.05) is 13.8 Å². The lowest BCUT2D eigenvalue weighted by Crippen LogP contribution is -2.15. The fourth-order valence-corrected chi connectivity index (χ4v) is 1.14. The number of nitrogens with zero attached hydrogens (tertiary/aromatic N) is 3. The first-order valence-electron chi connectivity index (χ1n) is 5.41. The molecule has 1 rings (SSSR count). The van der Waals surface area contributed by atoms with E-state index in [-0.39, 0.29) is 0 Å². The predicted molar refractivity (Wildman–Crippen MR) is 62.1 cm³/mol. The summed E-state index contributed by atoms with van der Waals surface area (Å²) >= 11 is 0. The molecule has 0 saturated heterocycles. The Balaban J connectivity index is 2.89. The molecule has 0 radical (unpaired) electrons. The van der Waals surface area contributed by atoms with Gasteiger partial charge in [-0.05, 0) is 20.8 Å². The Bertz CT molecular complexity index is 311. The molecular weight excluding hydrogens is 190 g/mol. The molecule has 0 aliphatic heterocycles.